The molecule has 5 rings (SSSR count). The number of carbonyl (C=O) groups is 1. The first-order valence-electron chi connectivity index (χ1n) is 8.49. The molecule has 3 fully saturated rings. The van der Waals surface area contributed by atoms with E-state index in [-0.39, 0.29) is 23.6 Å². The Morgan fingerprint density at radius 1 is 1.23 bits per heavy atom. The monoisotopic (exact) mass is 397 g/mol. The van der Waals surface area contributed by atoms with Crippen molar-refractivity contribution < 1.29 is 13.9 Å². The Hall–Kier alpha value is -1.70. The van der Waals surface area contributed by atoms with Crippen molar-refractivity contribution in [1.29, 1.82) is 0 Å². The van der Waals surface area contributed by atoms with Crippen LogP contribution in [0.4, 0.5) is 15.0 Å². The Morgan fingerprint density at radius 2 is 1.88 bits per heavy atom. The lowest BCUT2D eigenvalue weighted by atomic mass is 9.73. The number of rotatable bonds is 4. The smallest absolute Gasteiger partial charge is 0.412 e. The fourth-order valence-electron chi connectivity index (χ4n) is 3.61. The van der Waals surface area contributed by atoms with Gasteiger partial charge in [0.05, 0.1) is 17.0 Å². The second-order valence-corrected chi connectivity index (χ2v) is 7.68. The maximum Gasteiger partial charge on any atom is 0.412 e. The quantitative estimate of drug-likeness (QED) is 0.830. The van der Waals surface area contributed by atoms with E-state index < -0.39 is 6.09 Å². The molecule has 8 heteroatoms. The number of halogens is 2. The van der Waals surface area contributed by atoms with E-state index in [2.05, 4.69) is 15.2 Å². The second-order valence-electron chi connectivity index (χ2n) is 6.83. The third-order valence-electron chi connectivity index (χ3n) is 5.28. The molecule has 3 aliphatic rings. The number of thiazole rings is 1. The van der Waals surface area contributed by atoms with Gasteiger partial charge in [-0.2, -0.15) is 0 Å². The Morgan fingerprint density at radius 3 is 2.54 bits per heavy atom. The number of piperidine rings is 3. The Balaban J connectivity index is 0.00000196. The number of aromatic nitrogens is 1. The molecule has 1 aromatic heterocycles. The number of fused-ring (bicyclic) bond motifs is 3. The third kappa shape index (κ3) is 4.00. The summed E-state index contributed by atoms with van der Waals surface area (Å²) in [5, 5.41) is 2.73. The van der Waals surface area contributed by atoms with Gasteiger partial charge in [0.2, 0.25) is 0 Å². The number of hydrogen-bond acceptors (Lipinski definition) is 5. The van der Waals surface area contributed by atoms with E-state index in [4.69, 9.17) is 4.74 Å². The van der Waals surface area contributed by atoms with Crippen molar-refractivity contribution >= 4 is 35.7 Å². The van der Waals surface area contributed by atoms with Gasteiger partial charge in [-0.3, -0.25) is 5.32 Å². The lowest BCUT2D eigenvalue weighted by molar-refractivity contribution is -0.0190. The highest BCUT2D eigenvalue weighted by Gasteiger charge is 2.40. The summed E-state index contributed by atoms with van der Waals surface area (Å²) in [5.74, 6) is 0.164. The lowest BCUT2D eigenvalue weighted by Gasteiger charge is -2.47. The van der Waals surface area contributed by atoms with Gasteiger partial charge in [0.15, 0.2) is 5.82 Å². The maximum absolute atomic E-state index is 13.1. The van der Waals surface area contributed by atoms with Gasteiger partial charge >= 0.3 is 6.09 Å². The molecule has 26 heavy (non-hydrogen) atoms. The van der Waals surface area contributed by atoms with E-state index in [0.717, 1.165) is 49.3 Å². The van der Waals surface area contributed by atoms with E-state index in [1.54, 1.807) is 17.6 Å². The van der Waals surface area contributed by atoms with Gasteiger partial charge < -0.3 is 9.64 Å². The molecule has 0 aliphatic carbocycles. The van der Waals surface area contributed by atoms with Crippen LogP contribution < -0.4 is 5.32 Å². The van der Waals surface area contributed by atoms with Gasteiger partial charge in [-0.05, 0) is 56.6 Å². The van der Waals surface area contributed by atoms with Crippen LogP contribution in [0.15, 0.2) is 29.8 Å². The molecule has 0 radical (unpaired) electrons. The maximum atomic E-state index is 13.1. The van der Waals surface area contributed by atoms with Gasteiger partial charge in [0, 0.05) is 5.41 Å². The summed E-state index contributed by atoms with van der Waals surface area (Å²) in [7, 11) is 0. The van der Waals surface area contributed by atoms with Crippen molar-refractivity contribution in [3.8, 4) is 10.4 Å². The molecule has 2 bridgehead atoms. The molecule has 5 nitrogen and oxygen atoms in total. The number of carbonyl (C=O) groups excluding carboxylic acids is 1. The standard InChI is InChI=1S/C18H20FN3O2S.ClH/c19-14-3-1-13(2-4-14)15-16(20-12-25-15)21-17(23)24-11-18-5-8-22(9-6-18)10-7-18;/h1-4,12H,5-11H2,(H,21,23);1H. The molecule has 0 atom stereocenters. The second kappa shape index (κ2) is 7.90. The number of nitrogens with one attached hydrogen (secondary N) is 1. The highest BCUT2D eigenvalue weighted by molar-refractivity contribution is 7.13. The molecule has 0 spiro atoms. The summed E-state index contributed by atoms with van der Waals surface area (Å²) in [4.78, 5) is 19.7. The lowest BCUT2D eigenvalue weighted by Crippen LogP contribution is -2.50. The average molecular weight is 398 g/mol. The zero-order valence-corrected chi connectivity index (χ0v) is 15.9. The summed E-state index contributed by atoms with van der Waals surface area (Å²) in [5.41, 5.74) is 2.62. The van der Waals surface area contributed by atoms with Crippen LogP contribution >= 0.6 is 23.7 Å². The number of hydrogen-bond donors (Lipinski definition) is 1. The highest BCUT2D eigenvalue weighted by atomic mass is 35.5. The van der Waals surface area contributed by atoms with Crippen LogP contribution in [0, 0.1) is 11.2 Å². The minimum Gasteiger partial charge on any atom is -0.449 e. The van der Waals surface area contributed by atoms with Gasteiger partial charge in [-0.25, -0.2) is 14.2 Å². The highest BCUT2D eigenvalue weighted by Crippen LogP contribution is 2.40. The van der Waals surface area contributed by atoms with E-state index in [1.807, 2.05) is 0 Å². The fraction of sp³-hybridized carbons (Fsp3) is 0.444. The van der Waals surface area contributed by atoms with Crippen LogP contribution in [-0.2, 0) is 4.74 Å². The van der Waals surface area contributed by atoms with Crippen LogP contribution in [-0.4, -0.2) is 42.2 Å². The SMILES string of the molecule is Cl.O=C(Nc1ncsc1-c1ccc(F)cc1)OCC12CCN(CC1)CC2. The molecule has 140 valence electrons. The number of nitrogens with zero attached hydrogens (tertiary/aromatic N) is 2. The minimum absolute atomic E-state index is 0. The van der Waals surface area contributed by atoms with Crippen molar-refractivity contribution in [2.24, 2.45) is 5.41 Å². The molecular weight excluding hydrogens is 377 g/mol. The summed E-state index contributed by atoms with van der Waals surface area (Å²) in [6.45, 7) is 3.77. The van der Waals surface area contributed by atoms with Crippen LogP contribution in [0.2, 0.25) is 0 Å². The van der Waals surface area contributed by atoms with Gasteiger partial charge in [0.25, 0.3) is 0 Å². The molecule has 1 N–H and O–H groups in total. The first kappa shape index (κ1) is 19.1. The third-order valence-corrected chi connectivity index (χ3v) is 6.15. The van der Waals surface area contributed by atoms with Gasteiger partial charge in [-0.15, -0.1) is 23.7 Å². The first-order valence-corrected chi connectivity index (χ1v) is 9.37. The predicted octanol–water partition coefficient (Wildman–Crippen LogP) is 4.41. The molecule has 3 aliphatic heterocycles. The van der Waals surface area contributed by atoms with E-state index in [0.29, 0.717) is 12.4 Å². The van der Waals surface area contributed by atoms with Crippen molar-refractivity contribution in [3.63, 3.8) is 0 Å². The first-order chi connectivity index (χ1) is 12.1. The Labute approximate surface area is 162 Å². The minimum atomic E-state index is -0.475. The normalized spacial score (nSPS) is 24.0. The molecule has 1 aromatic carbocycles. The molecule has 2 aromatic rings. The number of ether oxygens (including phenoxy) is 1. The molecule has 4 heterocycles. The van der Waals surface area contributed by atoms with Crippen molar-refractivity contribution in [2.75, 3.05) is 31.6 Å². The van der Waals surface area contributed by atoms with E-state index in [1.165, 1.54) is 23.5 Å². The van der Waals surface area contributed by atoms with Crippen molar-refractivity contribution in [1.82, 2.24) is 9.88 Å². The summed E-state index contributed by atoms with van der Waals surface area (Å²) < 4.78 is 18.6. The average Bonchev–Trinajstić information content (AvgIpc) is 3.10. The predicted molar refractivity (Wildman–Crippen MR) is 102 cm³/mol. The van der Waals surface area contributed by atoms with Crippen molar-refractivity contribution in [3.05, 3.63) is 35.6 Å². The number of benzene rings is 1. The fourth-order valence-corrected chi connectivity index (χ4v) is 4.36. The largest absolute Gasteiger partial charge is 0.449 e. The Bertz CT molecular complexity index is 746. The van der Waals surface area contributed by atoms with E-state index in [9.17, 15) is 9.18 Å². The van der Waals surface area contributed by atoms with Crippen LogP contribution in [0.3, 0.4) is 0 Å². The summed E-state index contributed by atoms with van der Waals surface area (Å²) in [6, 6.07) is 6.14. The summed E-state index contributed by atoms with van der Waals surface area (Å²) >= 11 is 1.40. The van der Waals surface area contributed by atoms with Gasteiger partial charge in [-0.1, -0.05) is 12.1 Å². The zero-order chi connectivity index (χ0) is 17.3. The van der Waals surface area contributed by atoms with Crippen LogP contribution in [0.25, 0.3) is 10.4 Å². The summed E-state index contributed by atoms with van der Waals surface area (Å²) in [6.07, 6.45) is 2.81. The number of amides is 1. The topological polar surface area (TPSA) is 54.5 Å². The molecule has 3 saturated heterocycles. The van der Waals surface area contributed by atoms with Crippen LogP contribution in [0.5, 0.6) is 0 Å². The Kier molecular flexibility index (Phi) is 5.79. The molecule has 1 amide bonds. The van der Waals surface area contributed by atoms with E-state index >= 15 is 0 Å². The number of anilines is 1. The van der Waals surface area contributed by atoms with Crippen molar-refractivity contribution in [2.45, 2.75) is 19.3 Å². The zero-order valence-electron chi connectivity index (χ0n) is 14.2. The molecular formula is C18H21ClFN3O2S. The van der Waals surface area contributed by atoms with Gasteiger partial charge in [0.1, 0.15) is 5.82 Å². The molecule has 0 saturated carbocycles. The van der Waals surface area contributed by atoms with Crippen LogP contribution in [0.1, 0.15) is 19.3 Å². The molecule has 0 unspecified atom stereocenters.